The summed E-state index contributed by atoms with van der Waals surface area (Å²) in [7, 11) is 0. The standard InChI is InChI=1S/C19H16ClN5O3/c1-12-8-13(15-4-2-3-5-17(15)25(27)28)6-7-23(12)19(26)16-9-18-21-10-14(20)11-24(18)22-16/h2-6,9-12H,7-8H2,1H3. The van der Waals surface area contributed by atoms with Gasteiger partial charge < -0.3 is 4.90 Å². The molecule has 1 aliphatic rings. The maximum atomic E-state index is 12.9. The van der Waals surface area contributed by atoms with Crippen molar-refractivity contribution in [1.82, 2.24) is 19.5 Å². The van der Waals surface area contributed by atoms with Gasteiger partial charge in [0.1, 0.15) is 0 Å². The average Bonchev–Trinajstić information content (AvgIpc) is 3.10. The first-order chi connectivity index (χ1) is 13.4. The van der Waals surface area contributed by atoms with E-state index in [0.717, 1.165) is 5.57 Å². The monoisotopic (exact) mass is 397 g/mol. The summed E-state index contributed by atoms with van der Waals surface area (Å²) in [6.07, 6.45) is 5.48. The highest BCUT2D eigenvalue weighted by atomic mass is 35.5. The van der Waals surface area contributed by atoms with E-state index in [4.69, 9.17) is 11.6 Å². The lowest BCUT2D eigenvalue weighted by molar-refractivity contribution is -0.385. The second-order valence-corrected chi connectivity index (χ2v) is 7.06. The summed E-state index contributed by atoms with van der Waals surface area (Å²) in [4.78, 5) is 29.7. The Labute approximate surface area is 165 Å². The van der Waals surface area contributed by atoms with Crippen LogP contribution in [0.1, 0.15) is 29.4 Å². The van der Waals surface area contributed by atoms with Gasteiger partial charge >= 0.3 is 0 Å². The number of rotatable bonds is 3. The minimum Gasteiger partial charge on any atom is -0.330 e. The van der Waals surface area contributed by atoms with Crippen LogP contribution in [0.4, 0.5) is 5.69 Å². The van der Waals surface area contributed by atoms with E-state index >= 15 is 0 Å². The smallest absolute Gasteiger partial charge is 0.276 e. The van der Waals surface area contributed by atoms with Gasteiger partial charge in [-0.2, -0.15) is 5.10 Å². The van der Waals surface area contributed by atoms with Gasteiger partial charge in [0.15, 0.2) is 11.3 Å². The molecule has 2 aromatic heterocycles. The van der Waals surface area contributed by atoms with Crippen LogP contribution in [-0.4, -0.2) is 42.9 Å². The van der Waals surface area contributed by atoms with Gasteiger partial charge in [-0.05, 0) is 25.0 Å². The van der Waals surface area contributed by atoms with Crippen LogP contribution in [0.3, 0.4) is 0 Å². The predicted molar refractivity (Wildman–Crippen MR) is 104 cm³/mol. The molecule has 142 valence electrons. The van der Waals surface area contributed by atoms with Crippen LogP contribution in [0.15, 0.2) is 48.8 Å². The molecule has 1 unspecified atom stereocenters. The van der Waals surface area contributed by atoms with Crippen LogP contribution in [0.5, 0.6) is 0 Å². The van der Waals surface area contributed by atoms with Crippen molar-refractivity contribution < 1.29 is 9.72 Å². The molecule has 0 saturated heterocycles. The SMILES string of the molecule is CC1CC(c2ccccc2[N+](=O)[O-])=CCN1C(=O)c1cc2ncc(Cl)cn2n1. The van der Waals surface area contributed by atoms with Crippen molar-refractivity contribution in [2.75, 3.05) is 6.54 Å². The highest BCUT2D eigenvalue weighted by Crippen LogP contribution is 2.32. The molecule has 0 fully saturated rings. The van der Waals surface area contributed by atoms with Crippen molar-refractivity contribution in [3.63, 3.8) is 0 Å². The lowest BCUT2D eigenvalue weighted by Gasteiger charge is -2.32. The molecule has 1 amide bonds. The van der Waals surface area contributed by atoms with E-state index in [1.807, 2.05) is 13.0 Å². The number of para-hydroxylation sites is 1. The predicted octanol–water partition coefficient (Wildman–Crippen LogP) is 3.61. The molecular weight excluding hydrogens is 382 g/mol. The molecule has 1 aromatic carbocycles. The Morgan fingerprint density at radius 1 is 1.36 bits per heavy atom. The van der Waals surface area contributed by atoms with Crippen LogP contribution in [0.25, 0.3) is 11.2 Å². The molecule has 28 heavy (non-hydrogen) atoms. The van der Waals surface area contributed by atoms with Crippen molar-refractivity contribution in [1.29, 1.82) is 0 Å². The minimum absolute atomic E-state index is 0.0732. The number of benzene rings is 1. The topological polar surface area (TPSA) is 93.6 Å². The third-order valence-electron chi connectivity index (χ3n) is 4.79. The quantitative estimate of drug-likeness (QED) is 0.497. The molecule has 1 aliphatic heterocycles. The second kappa shape index (κ2) is 7.05. The Morgan fingerprint density at radius 3 is 2.89 bits per heavy atom. The molecule has 4 rings (SSSR count). The molecule has 0 aliphatic carbocycles. The van der Waals surface area contributed by atoms with E-state index in [-0.39, 0.29) is 28.3 Å². The maximum absolute atomic E-state index is 12.9. The van der Waals surface area contributed by atoms with Gasteiger partial charge in [0, 0.05) is 30.9 Å². The lowest BCUT2D eigenvalue weighted by Crippen LogP contribution is -2.41. The summed E-state index contributed by atoms with van der Waals surface area (Å²) in [5, 5.41) is 16.0. The van der Waals surface area contributed by atoms with Crippen LogP contribution in [-0.2, 0) is 0 Å². The number of halogens is 1. The van der Waals surface area contributed by atoms with Crippen molar-refractivity contribution >= 4 is 34.4 Å². The number of carbonyl (C=O) groups is 1. The minimum atomic E-state index is -0.382. The number of carbonyl (C=O) groups excluding carboxylic acids is 1. The lowest BCUT2D eigenvalue weighted by atomic mass is 9.93. The van der Waals surface area contributed by atoms with Crippen LogP contribution in [0, 0.1) is 10.1 Å². The molecule has 8 nitrogen and oxygen atoms in total. The molecule has 0 spiro atoms. The van der Waals surface area contributed by atoms with Crippen molar-refractivity contribution in [3.05, 3.63) is 75.2 Å². The average molecular weight is 398 g/mol. The Kier molecular flexibility index (Phi) is 4.56. The van der Waals surface area contributed by atoms with Crippen molar-refractivity contribution in [3.8, 4) is 0 Å². The normalized spacial score (nSPS) is 16.9. The molecule has 0 N–H and O–H groups in total. The van der Waals surface area contributed by atoms with Crippen LogP contribution >= 0.6 is 11.6 Å². The van der Waals surface area contributed by atoms with Gasteiger partial charge in [-0.3, -0.25) is 14.9 Å². The van der Waals surface area contributed by atoms with Gasteiger partial charge in [0.05, 0.1) is 21.7 Å². The first-order valence-electron chi connectivity index (χ1n) is 8.69. The third-order valence-corrected chi connectivity index (χ3v) is 4.99. The van der Waals surface area contributed by atoms with Crippen molar-refractivity contribution in [2.24, 2.45) is 0 Å². The zero-order valence-electron chi connectivity index (χ0n) is 14.9. The van der Waals surface area contributed by atoms with E-state index in [2.05, 4.69) is 10.1 Å². The molecule has 1 atom stereocenters. The Hall–Kier alpha value is -3.26. The zero-order valence-corrected chi connectivity index (χ0v) is 15.7. The van der Waals surface area contributed by atoms with E-state index in [9.17, 15) is 14.9 Å². The van der Waals surface area contributed by atoms with Gasteiger partial charge in [-0.1, -0.05) is 29.8 Å². The molecule has 3 aromatic rings. The summed E-state index contributed by atoms with van der Waals surface area (Å²) >= 11 is 5.91. The summed E-state index contributed by atoms with van der Waals surface area (Å²) in [5.74, 6) is -0.216. The van der Waals surface area contributed by atoms with E-state index in [1.165, 1.54) is 16.8 Å². The summed E-state index contributed by atoms with van der Waals surface area (Å²) in [5.41, 5.74) is 2.35. The molecule has 0 radical (unpaired) electrons. The Bertz CT molecular complexity index is 1120. The van der Waals surface area contributed by atoms with Gasteiger partial charge in [-0.15, -0.1) is 0 Å². The number of hydrogen-bond donors (Lipinski definition) is 0. The van der Waals surface area contributed by atoms with E-state index in [0.29, 0.717) is 29.2 Å². The summed E-state index contributed by atoms with van der Waals surface area (Å²) in [6.45, 7) is 2.27. The van der Waals surface area contributed by atoms with Gasteiger partial charge in [0.25, 0.3) is 11.6 Å². The first kappa shape index (κ1) is 18.1. The molecule has 3 heterocycles. The number of nitrogens with zero attached hydrogens (tertiary/aromatic N) is 5. The largest absolute Gasteiger partial charge is 0.330 e. The fraction of sp³-hybridized carbons (Fsp3) is 0.211. The molecule has 9 heteroatoms. The Morgan fingerprint density at radius 2 is 2.14 bits per heavy atom. The van der Waals surface area contributed by atoms with Crippen molar-refractivity contribution in [2.45, 2.75) is 19.4 Å². The highest BCUT2D eigenvalue weighted by molar-refractivity contribution is 6.30. The summed E-state index contributed by atoms with van der Waals surface area (Å²) in [6, 6.07) is 8.15. The van der Waals surface area contributed by atoms with Gasteiger partial charge in [0.2, 0.25) is 0 Å². The maximum Gasteiger partial charge on any atom is 0.276 e. The molecular formula is C19H16ClN5O3. The molecule has 0 bridgehead atoms. The summed E-state index contributed by atoms with van der Waals surface area (Å²) < 4.78 is 1.47. The number of aromatic nitrogens is 3. The number of fused-ring (bicyclic) bond motifs is 1. The van der Waals surface area contributed by atoms with Gasteiger partial charge in [-0.25, -0.2) is 9.50 Å². The Balaban J connectivity index is 1.61. The fourth-order valence-corrected chi connectivity index (χ4v) is 3.55. The fourth-order valence-electron chi connectivity index (χ4n) is 3.41. The number of amides is 1. The van der Waals surface area contributed by atoms with E-state index in [1.54, 1.807) is 35.4 Å². The first-order valence-corrected chi connectivity index (χ1v) is 9.06. The van der Waals surface area contributed by atoms with Crippen LogP contribution < -0.4 is 0 Å². The highest BCUT2D eigenvalue weighted by Gasteiger charge is 2.29. The van der Waals surface area contributed by atoms with E-state index < -0.39 is 0 Å². The number of nitro benzene ring substituents is 1. The zero-order chi connectivity index (χ0) is 19.8. The second-order valence-electron chi connectivity index (χ2n) is 6.62. The molecule has 0 saturated carbocycles. The third kappa shape index (κ3) is 3.22. The number of nitro groups is 1. The van der Waals surface area contributed by atoms with Crippen LogP contribution in [0.2, 0.25) is 5.02 Å². The number of hydrogen-bond acceptors (Lipinski definition) is 5.